The van der Waals surface area contributed by atoms with Gasteiger partial charge in [-0.1, -0.05) is 30.3 Å². The number of hydrogen-bond acceptors (Lipinski definition) is 8. The average molecular weight is 452 g/mol. The maximum Gasteiger partial charge on any atom is 0.307 e. The second-order valence-corrected chi connectivity index (χ2v) is 7.44. The van der Waals surface area contributed by atoms with Crippen molar-refractivity contribution in [3.8, 4) is 5.95 Å². The number of nitrogens with zero attached hydrogens (tertiary/aromatic N) is 6. The van der Waals surface area contributed by atoms with Crippen LogP contribution >= 0.6 is 0 Å². The van der Waals surface area contributed by atoms with Crippen LogP contribution in [0, 0.1) is 0 Å². The number of aromatic nitrogens is 6. The summed E-state index contributed by atoms with van der Waals surface area (Å²) in [6.45, 7) is 0.483. The number of nitrogens with one attached hydrogen (secondary N) is 2. The van der Waals surface area contributed by atoms with Gasteiger partial charge in [-0.05, 0) is 42.0 Å². The molecule has 0 spiro atoms. The number of para-hydroxylation sites is 2. The molecular formula is C24H20N8O2. The van der Waals surface area contributed by atoms with Gasteiger partial charge in [-0.15, -0.1) is 0 Å². The number of imidazole rings is 1. The minimum Gasteiger partial charge on any atom is -0.481 e. The maximum atomic E-state index is 11.0. The largest absolute Gasteiger partial charge is 0.481 e. The molecule has 0 atom stereocenters. The first kappa shape index (κ1) is 21.0. The minimum atomic E-state index is -0.891. The van der Waals surface area contributed by atoms with Crippen molar-refractivity contribution in [2.45, 2.75) is 13.0 Å². The van der Waals surface area contributed by atoms with Gasteiger partial charge in [-0.2, -0.15) is 4.98 Å². The number of pyridine rings is 1. The topological polar surface area (TPSA) is 131 Å². The van der Waals surface area contributed by atoms with Gasteiger partial charge < -0.3 is 15.7 Å². The number of carboxylic acid groups (broad SMARTS) is 1. The summed E-state index contributed by atoms with van der Waals surface area (Å²) >= 11 is 0. The lowest BCUT2D eigenvalue weighted by Gasteiger charge is -2.11. The fourth-order valence-corrected chi connectivity index (χ4v) is 3.54. The summed E-state index contributed by atoms with van der Waals surface area (Å²) < 4.78 is 1.83. The fraction of sp³-hybridized carbons (Fsp3) is 0.0833. The molecule has 0 saturated heterocycles. The van der Waals surface area contributed by atoms with Gasteiger partial charge in [0.2, 0.25) is 17.8 Å². The number of benzene rings is 2. The van der Waals surface area contributed by atoms with Crippen LogP contribution in [-0.4, -0.2) is 40.6 Å². The molecule has 2 aromatic carbocycles. The molecule has 0 aliphatic rings. The second kappa shape index (κ2) is 9.33. The third-order valence-corrected chi connectivity index (χ3v) is 5.01. The summed E-state index contributed by atoms with van der Waals surface area (Å²) in [6, 6.07) is 20.6. The average Bonchev–Trinajstić information content (AvgIpc) is 3.22. The van der Waals surface area contributed by atoms with Crippen LogP contribution in [0.1, 0.15) is 11.3 Å². The molecule has 0 aliphatic heterocycles. The van der Waals surface area contributed by atoms with Crippen molar-refractivity contribution in [2.24, 2.45) is 0 Å². The summed E-state index contributed by atoms with van der Waals surface area (Å²) in [5.74, 6) is 0.395. The third-order valence-electron chi connectivity index (χ3n) is 5.01. The van der Waals surface area contributed by atoms with Crippen molar-refractivity contribution in [3.05, 3.63) is 90.5 Å². The lowest BCUT2D eigenvalue weighted by Crippen LogP contribution is -2.11. The summed E-state index contributed by atoms with van der Waals surface area (Å²) in [5, 5.41) is 15.5. The Labute approximate surface area is 194 Å². The van der Waals surface area contributed by atoms with E-state index in [2.05, 4.69) is 30.6 Å². The van der Waals surface area contributed by atoms with Gasteiger partial charge in [-0.3, -0.25) is 9.78 Å². The Morgan fingerprint density at radius 1 is 0.941 bits per heavy atom. The number of anilines is 3. The van der Waals surface area contributed by atoms with Crippen molar-refractivity contribution in [1.29, 1.82) is 0 Å². The third kappa shape index (κ3) is 4.65. The van der Waals surface area contributed by atoms with E-state index in [1.54, 1.807) is 24.4 Å². The highest BCUT2D eigenvalue weighted by Gasteiger charge is 2.15. The molecule has 0 saturated carbocycles. The van der Waals surface area contributed by atoms with Gasteiger partial charge in [0, 0.05) is 11.9 Å². The van der Waals surface area contributed by atoms with Gasteiger partial charge >= 0.3 is 5.97 Å². The molecule has 34 heavy (non-hydrogen) atoms. The molecular weight excluding hydrogens is 432 g/mol. The Kier molecular flexibility index (Phi) is 5.76. The normalized spacial score (nSPS) is 10.8. The highest BCUT2D eigenvalue weighted by Crippen LogP contribution is 2.24. The van der Waals surface area contributed by atoms with Gasteiger partial charge in [0.1, 0.15) is 6.33 Å². The van der Waals surface area contributed by atoms with Gasteiger partial charge in [0.25, 0.3) is 0 Å². The van der Waals surface area contributed by atoms with E-state index in [0.717, 1.165) is 16.7 Å². The lowest BCUT2D eigenvalue weighted by molar-refractivity contribution is -0.136. The van der Waals surface area contributed by atoms with Crippen molar-refractivity contribution in [1.82, 2.24) is 29.5 Å². The van der Waals surface area contributed by atoms with E-state index in [4.69, 9.17) is 10.1 Å². The van der Waals surface area contributed by atoms with Gasteiger partial charge in [0.05, 0.1) is 29.7 Å². The zero-order chi connectivity index (χ0) is 23.3. The molecule has 0 amide bonds. The van der Waals surface area contributed by atoms with Crippen molar-refractivity contribution >= 4 is 34.6 Å². The van der Waals surface area contributed by atoms with Crippen LogP contribution in [-0.2, 0) is 17.8 Å². The highest BCUT2D eigenvalue weighted by atomic mass is 16.4. The summed E-state index contributed by atoms with van der Waals surface area (Å²) in [4.78, 5) is 33.3. The SMILES string of the molecule is O=C(O)Cc1cccc(Nc2ncnc(-n3c(NCc4ccccn4)nc4ccccc43)n2)c1. The van der Waals surface area contributed by atoms with Crippen molar-refractivity contribution in [3.63, 3.8) is 0 Å². The van der Waals surface area contributed by atoms with Crippen LogP contribution < -0.4 is 10.6 Å². The van der Waals surface area contributed by atoms with Crippen LogP contribution in [0.25, 0.3) is 17.0 Å². The zero-order valence-electron chi connectivity index (χ0n) is 18.0. The predicted octanol–water partition coefficient (Wildman–Crippen LogP) is 3.59. The molecule has 3 aromatic heterocycles. The Balaban J connectivity index is 1.47. The summed E-state index contributed by atoms with van der Waals surface area (Å²) in [6.07, 6.45) is 3.10. The molecule has 0 bridgehead atoms. The van der Waals surface area contributed by atoms with Crippen molar-refractivity contribution in [2.75, 3.05) is 10.6 Å². The van der Waals surface area contributed by atoms with E-state index in [1.165, 1.54) is 6.33 Å². The smallest absolute Gasteiger partial charge is 0.307 e. The molecule has 3 heterocycles. The number of hydrogen-bond donors (Lipinski definition) is 3. The first-order valence-corrected chi connectivity index (χ1v) is 10.5. The first-order valence-electron chi connectivity index (χ1n) is 10.5. The minimum absolute atomic E-state index is 0.0652. The Morgan fingerprint density at radius 3 is 2.68 bits per heavy atom. The van der Waals surface area contributed by atoms with Crippen LogP contribution in [0.3, 0.4) is 0 Å². The van der Waals surface area contributed by atoms with E-state index in [0.29, 0.717) is 35.6 Å². The first-order chi connectivity index (χ1) is 16.7. The van der Waals surface area contributed by atoms with Crippen LogP contribution in [0.5, 0.6) is 0 Å². The number of rotatable bonds is 8. The molecule has 5 rings (SSSR count). The number of fused-ring (bicyclic) bond motifs is 1. The van der Waals surface area contributed by atoms with Crippen LogP contribution in [0.15, 0.2) is 79.3 Å². The van der Waals surface area contributed by atoms with Gasteiger partial charge in [0.15, 0.2) is 0 Å². The fourth-order valence-electron chi connectivity index (χ4n) is 3.54. The van der Waals surface area contributed by atoms with E-state index in [9.17, 15) is 4.79 Å². The van der Waals surface area contributed by atoms with Crippen LogP contribution in [0.2, 0.25) is 0 Å². The molecule has 10 heteroatoms. The number of carbonyl (C=O) groups is 1. The molecule has 0 aliphatic carbocycles. The maximum absolute atomic E-state index is 11.0. The molecule has 0 fully saturated rings. The molecule has 0 radical (unpaired) electrons. The van der Waals surface area contributed by atoms with Crippen LogP contribution in [0.4, 0.5) is 17.6 Å². The number of carboxylic acids is 1. The Bertz CT molecular complexity index is 1450. The highest BCUT2D eigenvalue weighted by molar-refractivity contribution is 5.80. The Morgan fingerprint density at radius 2 is 1.82 bits per heavy atom. The van der Waals surface area contributed by atoms with Crippen molar-refractivity contribution < 1.29 is 9.90 Å². The molecule has 3 N–H and O–H groups in total. The van der Waals surface area contributed by atoms with Gasteiger partial charge in [-0.25, -0.2) is 19.5 Å². The summed E-state index contributed by atoms with van der Waals surface area (Å²) in [5.41, 5.74) is 3.86. The molecule has 5 aromatic rings. The quantitative estimate of drug-likeness (QED) is 0.323. The monoisotopic (exact) mass is 452 g/mol. The standard InChI is InChI=1S/C24H20N8O2/c33-21(34)13-16-6-5-8-17(12-16)29-22-27-15-28-24(31-22)32-20-10-2-1-9-19(20)30-23(32)26-14-18-7-3-4-11-25-18/h1-12,15H,13-14H2,(H,26,30)(H,33,34)(H,27,28,29,31). The molecule has 0 unspecified atom stereocenters. The van der Waals surface area contributed by atoms with E-state index < -0.39 is 5.97 Å². The van der Waals surface area contributed by atoms with E-state index >= 15 is 0 Å². The lowest BCUT2D eigenvalue weighted by atomic mass is 10.1. The Hall–Kier alpha value is -4.86. The molecule has 10 nitrogen and oxygen atoms in total. The predicted molar refractivity (Wildman–Crippen MR) is 127 cm³/mol. The van der Waals surface area contributed by atoms with E-state index in [-0.39, 0.29) is 6.42 Å². The summed E-state index contributed by atoms with van der Waals surface area (Å²) in [7, 11) is 0. The molecule has 168 valence electrons. The van der Waals surface area contributed by atoms with E-state index in [1.807, 2.05) is 53.1 Å². The number of aliphatic carboxylic acids is 1. The zero-order valence-corrected chi connectivity index (χ0v) is 18.0. The second-order valence-electron chi connectivity index (χ2n) is 7.44.